The van der Waals surface area contributed by atoms with Gasteiger partial charge in [-0.3, -0.25) is 19.9 Å². The van der Waals surface area contributed by atoms with Gasteiger partial charge in [0.15, 0.2) is 0 Å². The summed E-state index contributed by atoms with van der Waals surface area (Å²) in [4.78, 5) is 21.3. The number of fused-ring (bicyclic) bond motifs is 1. The molecule has 3 heterocycles. The molecule has 7 nitrogen and oxygen atoms in total. The van der Waals surface area contributed by atoms with Gasteiger partial charge in [0.1, 0.15) is 6.04 Å². The molecule has 1 aliphatic heterocycles. The maximum absolute atomic E-state index is 11.8. The molecule has 0 bridgehead atoms. The van der Waals surface area contributed by atoms with Crippen molar-refractivity contribution in [2.45, 2.75) is 31.7 Å². The molecular weight excluding hydrogens is 458 g/mol. The minimum atomic E-state index is -0.265. The molecule has 1 saturated heterocycles. The highest BCUT2D eigenvalue weighted by Gasteiger charge is 2.28. The second-order valence-corrected chi connectivity index (χ2v) is 8.38. The van der Waals surface area contributed by atoms with Gasteiger partial charge in [-0.1, -0.05) is 18.2 Å². The van der Waals surface area contributed by atoms with Crippen LogP contribution in [0.1, 0.15) is 30.1 Å². The molecule has 0 amide bonds. The lowest BCUT2D eigenvalue weighted by Gasteiger charge is -2.28. The van der Waals surface area contributed by atoms with Gasteiger partial charge in [-0.15, -0.1) is 0 Å². The van der Waals surface area contributed by atoms with Gasteiger partial charge in [0.05, 0.1) is 29.0 Å². The van der Waals surface area contributed by atoms with Gasteiger partial charge in [-0.25, -0.2) is 0 Å². The molecule has 160 valence electrons. The van der Waals surface area contributed by atoms with Crippen LogP contribution >= 0.6 is 15.9 Å². The van der Waals surface area contributed by atoms with Crippen LogP contribution in [0.15, 0.2) is 53.4 Å². The fraction of sp³-hybridized carbons (Fsp3) is 0.304. The van der Waals surface area contributed by atoms with Gasteiger partial charge in [0, 0.05) is 47.1 Å². The maximum atomic E-state index is 11.8. The van der Waals surface area contributed by atoms with Crippen molar-refractivity contribution < 1.29 is 9.53 Å². The van der Waals surface area contributed by atoms with E-state index in [1.54, 1.807) is 6.20 Å². The fourth-order valence-corrected chi connectivity index (χ4v) is 4.28. The number of rotatable bonds is 3. The number of hydrogen-bond donors (Lipinski definition) is 2. The van der Waals surface area contributed by atoms with Gasteiger partial charge in [-0.05, 0) is 47.8 Å². The summed E-state index contributed by atoms with van der Waals surface area (Å²) in [6, 6.07) is 9.83. The third kappa shape index (κ3) is 4.75. The van der Waals surface area contributed by atoms with E-state index in [0.29, 0.717) is 13.0 Å². The number of pyridine rings is 1. The number of carbonyl (C=O) groups excluding carboxylic acids is 1. The first kappa shape index (κ1) is 21.4. The first-order valence-electron chi connectivity index (χ1n) is 10.2. The predicted octanol–water partition coefficient (Wildman–Crippen LogP) is 4.22. The molecule has 2 unspecified atom stereocenters. The van der Waals surface area contributed by atoms with E-state index < -0.39 is 0 Å². The second-order valence-electron chi connectivity index (χ2n) is 7.58. The number of hydrogen-bond acceptors (Lipinski definition) is 6. The number of aryl methyl sites for hydroxylation is 1. The van der Waals surface area contributed by atoms with Crippen LogP contribution in [0.5, 0.6) is 0 Å². The van der Waals surface area contributed by atoms with Crippen molar-refractivity contribution in [3.8, 4) is 11.1 Å². The molecule has 1 aromatic carbocycles. The summed E-state index contributed by atoms with van der Waals surface area (Å²) in [5, 5.41) is 11.8. The van der Waals surface area contributed by atoms with Crippen LogP contribution in [0.2, 0.25) is 0 Å². The smallest absolute Gasteiger partial charge is 0.322 e. The van der Waals surface area contributed by atoms with Gasteiger partial charge >= 0.3 is 5.97 Å². The van der Waals surface area contributed by atoms with Crippen molar-refractivity contribution >= 4 is 32.8 Å². The van der Waals surface area contributed by atoms with Crippen LogP contribution in [-0.4, -0.2) is 45.8 Å². The van der Waals surface area contributed by atoms with Crippen LogP contribution < -0.4 is 5.32 Å². The van der Waals surface area contributed by atoms with Crippen molar-refractivity contribution in [2.24, 2.45) is 0 Å². The lowest BCUT2D eigenvalue weighted by atomic mass is 9.91. The minimum absolute atomic E-state index is 0.150. The molecular formula is C23H24BrN5O2. The van der Waals surface area contributed by atoms with Gasteiger partial charge < -0.3 is 10.1 Å². The molecule has 0 spiro atoms. The van der Waals surface area contributed by atoms with Crippen molar-refractivity contribution in [1.82, 2.24) is 25.5 Å². The average molecular weight is 482 g/mol. The topological polar surface area (TPSA) is 92.8 Å². The zero-order valence-corrected chi connectivity index (χ0v) is 19.0. The zero-order valence-electron chi connectivity index (χ0n) is 17.4. The number of halogens is 1. The number of H-pyrrole nitrogens is 1. The van der Waals surface area contributed by atoms with E-state index >= 15 is 0 Å². The summed E-state index contributed by atoms with van der Waals surface area (Å²) >= 11 is 3.69. The Hall–Kier alpha value is -2.84. The number of aromatic nitrogens is 4. The Kier molecular flexibility index (Phi) is 6.58. The number of nitrogens with zero attached hydrogens (tertiary/aromatic N) is 3. The number of nitrogens with one attached hydrogen (secondary N) is 2. The van der Waals surface area contributed by atoms with Crippen LogP contribution in [0.4, 0.5) is 0 Å². The molecule has 2 aromatic heterocycles. The van der Waals surface area contributed by atoms with E-state index in [1.165, 1.54) is 7.11 Å². The second kappa shape index (κ2) is 9.53. The largest absolute Gasteiger partial charge is 0.468 e. The van der Waals surface area contributed by atoms with Crippen molar-refractivity contribution in [2.75, 3.05) is 13.7 Å². The summed E-state index contributed by atoms with van der Waals surface area (Å²) in [5.41, 5.74) is 4.53. The SMILES string of the molecule is COC(=O)C1CCC(c2ncc(-c3cnc4ccccc4c3)cn[nH]c(C)c2Br)CN1. The molecule has 0 saturated carbocycles. The Morgan fingerprint density at radius 3 is 2.71 bits per heavy atom. The maximum Gasteiger partial charge on any atom is 0.322 e. The van der Waals surface area contributed by atoms with E-state index in [0.717, 1.165) is 44.3 Å². The molecule has 4 rings (SSSR count). The minimum Gasteiger partial charge on any atom is -0.468 e. The lowest BCUT2D eigenvalue weighted by molar-refractivity contribution is -0.143. The van der Waals surface area contributed by atoms with Crippen LogP contribution in [0.25, 0.3) is 22.0 Å². The lowest BCUT2D eigenvalue weighted by Crippen LogP contribution is -2.44. The molecule has 0 aliphatic carbocycles. The van der Waals surface area contributed by atoms with Crippen molar-refractivity contribution in [1.29, 1.82) is 0 Å². The summed E-state index contributed by atoms with van der Waals surface area (Å²) in [7, 11) is 1.42. The zero-order chi connectivity index (χ0) is 21.8. The molecule has 1 fully saturated rings. The summed E-state index contributed by atoms with van der Waals surface area (Å²) in [6.07, 6.45) is 6.96. The van der Waals surface area contributed by atoms with E-state index in [4.69, 9.17) is 9.72 Å². The Morgan fingerprint density at radius 2 is 1.94 bits per heavy atom. The highest BCUT2D eigenvalue weighted by molar-refractivity contribution is 9.10. The molecule has 3 aromatic rings. The number of methoxy groups -OCH3 is 1. The number of aromatic amines is 1. The molecule has 1 aliphatic rings. The number of esters is 1. The van der Waals surface area contributed by atoms with E-state index in [2.05, 4.69) is 42.5 Å². The normalized spacial score (nSPS) is 18.4. The first-order valence-corrected chi connectivity index (χ1v) is 11.0. The van der Waals surface area contributed by atoms with Gasteiger partial charge in [0.25, 0.3) is 0 Å². The number of piperidine rings is 1. The van der Waals surface area contributed by atoms with Crippen LogP contribution in [-0.2, 0) is 9.53 Å². The monoisotopic (exact) mass is 481 g/mol. The van der Waals surface area contributed by atoms with Crippen LogP contribution in [0, 0.1) is 6.92 Å². The van der Waals surface area contributed by atoms with E-state index in [-0.39, 0.29) is 17.9 Å². The summed E-state index contributed by atoms with van der Waals surface area (Å²) in [6.45, 7) is 2.59. The predicted molar refractivity (Wildman–Crippen MR) is 123 cm³/mol. The summed E-state index contributed by atoms with van der Waals surface area (Å²) < 4.78 is 5.74. The average Bonchev–Trinajstić information content (AvgIpc) is 2.88. The third-order valence-corrected chi connectivity index (χ3v) is 6.54. The van der Waals surface area contributed by atoms with E-state index in [9.17, 15) is 4.79 Å². The quantitative estimate of drug-likeness (QED) is 0.543. The molecule has 0 radical (unpaired) electrons. The highest BCUT2D eigenvalue weighted by atomic mass is 79.9. The number of benzene rings is 1. The van der Waals surface area contributed by atoms with Crippen LogP contribution in [0.3, 0.4) is 0 Å². The van der Waals surface area contributed by atoms with Crippen molar-refractivity contribution in [3.05, 3.63) is 64.8 Å². The van der Waals surface area contributed by atoms with Gasteiger partial charge in [0.2, 0.25) is 0 Å². The highest BCUT2D eigenvalue weighted by Crippen LogP contribution is 2.30. The fourth-order valence-electron chi connectivity index (χ4n) is 3.76. The number of ether oxygens (including phenoxy) is 1. The van der Waals surface area contributed by atoms with E-state index in [1.807, 2.05) is 43.6 Å². The molecule has 2 N–H and O–H groups in total. The Labute approximate surface area is 189 Å². The third-order valence-electron chi connectivity index (χ3n) is 5.54. The number of carbonyl (C=O) groups is 1. The first-order chi connectivity index (χ1) is 15.1. The Bertz CT molecular complexity index is 1150. The standard InChI is InChI=1S/C23H24BrN5O2/c1-14-21(24)22(16-7-8-20(26-10-16)23(30)31-2)27-12-18(13-28-29-14)17-9-15-5-3-4-6-19(15)25-11-17/h3-6,9,11-13,16,20,26,29H,7-8,10H2,1-2H3. The van der Waals surface area contributed by atoms with Gasteiger partial charge in [-0.2, -0.15) is 5.10 Å². The Balaban J connectivity index is 1.72. The molecule has 31 heavy (non-hydrogen) atoms. The molecule has 2 atom stereocenters. The van der Waals surface area contributed by atoms with Crippen molar-refractivity contribution in [3.63, 3.8) is 0 Å². The number of para-hydroxylation sites is 1. The summed E-state index contributed by atoms with van der Waals surface area (Å²) in [5.74, 6) is -0.0703. The molecule has 8 heteroatoms. The Morgan fingerprint density at radius 1 is 1.13 bits per heavy atom.